The third-order valence-electron chi connectivity index (χ3n) is 8.77. The number of hydrogen-bond acceptors (Lipinski definition) is 10. The summed E-state index contributed by atoms with van der Waals surface area (Å²) in [6.07, 6.45) is 4.35. The van der Waals surface area contributed by atoms with Gasteiger partial charge in [0.1, 0.15) is 11.0 Å². The molecule has 0 saturated heterocycles. The Balaban J connectivity index is 0.000000241. The van der Waals surface area contributed by atoms with Gasteiger partial charge >= 0.3 is 48.1 Å². The Labute approximate surface area is 357 Å². The number of fused-ring (bicyclic) bond motifs is 2. The number of thiol groups is 1. The van der Waals surface area contributed by atoms with Crippen molar-refractivity contribution in [3.63, 3.8) is 0 Å². The standard InChI is InChI=1S/C19H19BrClN3O4.C19H20ClN3O4.BHNS/c1-12(25)28-9-3-8-24-18(26)17-16(22(2)19(24)27)15(20)11-23(17)10-13-4-6-14(21)7-5-13;1-13(24)27-11-3-9-23-18(25)17-16(21(2)19(23)26)8-10-22(17)12-14-4-6-15(20)7-5-14;1-2-3/h4-7,11H,3,8-10H2,1-2H3;4-8,10H,3,9,11-12H2,1-2H3;3H. The number of hydrogen-bond donors (Lipinski definition) is 1. The molecule has 0 aliphatic heterocycles. The van der Waals surface area contributed by atoms with E-state index in [1.807, 2.05) is 33.4 Å². The number of aryl methyl sites for hydroxylation is 2. The Kier molecular flexibility index (Phi) is 16.7. The van der Waals surface area contributed by atoms with Crippen molar-refractivity contribution in [3.8, 4) is 0 Å². The minimum absolute atomic E-state index is 0.151. The van der Waals surface area contributed by atoms with Crippen molar-refractivity contribution in [2.75, 3.05) is 13.2 Å². The number of esters is 2. The molecule has 0 fully saturated rings. The van der Waals surface area contributed by atoms with E-state index in [1.54, 1.807) is 56.8 Å². The average molecular weight is 916 g/mol. The van der Waals surface area contributed by atoms with Crippen LogP contribution in [0.25, 0.3) is 22.1 Å². The van der Waals surface area contributed by atoms with Crippen LogP contribution >= 0.6 is 51.9 Å². The van der Waals surface area contributed by atoms with Gasteiger partial charge in [0.2, 0.25) is 0 Å². The molecule has 15 nitrogen and oxygen atoms in total. The van der Waals surface area contributed by atoms with Crippen molar-refractivity contribution in [1.29, 1.82) is 0 Å². The minimum atomic E-state index is -0.412. The zero-order valence-electron chi connectivity index (χ0n) is 32.1. The third-order valence-corrected chi connectivity index (χ3v) is 9.86. The zero-order valence-corrected chi connectivity index (χ0v) is 36.1. The van der Waals surface area contributed by atoms with Crippen LogP contribution in [-0.4, -0.2) is 60.2 Å². The number of carbonyl (C=O) groups is 2. The molecule has 1 radical (unpaired) electrons. The molecule has 305 valence electrons. The summed E-state index contributed by atoms with van der Waals surface area (Å²) in [5.74, 6) is -0.779. The van der Waals surface area contributed by atoms with Gasteiger partial charge < -0.3 is 18.6 Å². The van der Waals surface area contributed by atoms with E-state index in [2.05, 4.69) is 40.7 Å². The van der Waals surface area contributed by atoms with Gasteiger partial charge in [-0.3, -0.25) is 37.4 Å². The Hall–Kier alpha value is -4.91. The molecule has 0 atom stereocenters. The topological polar surface area (TPSA) is 163 Å². The van der Waals surface area contributed by atoms with Crippen molar-refractivity contribution in [1.82, 2.24) is 27.4 Å². The van der Waals surface area contributed by atoms with E-state index < -0.39 is 11.7 Å². The van der Waals surface area contributed by atoms with Crippen LogP contribution in [0.4, 0.5) is 0 Å². The Bertz CT molecular complexity index is 2670. The van der Waals surface area contributed by atoms with Crippen LogP contribution in [0.2, 0.25) is 10.0 Å². The molecule has 4 heterocycles. The fraction of sp³-hybridized carbons (Fsp3) is 0.316. The van der Waals surface area contributed by atoms with Gasteiger partial charge in [0.15, 0.2) is 0 Å². The fourth-order valence-corrected chi connectivity index (χ4v) is 7.06. The van der Waals surface area contributed by atoms with E-state index in [9.17, 15) is 28.8 Å². The van der Waals surface area contributed by atoms with Crippen molar-refractivity contribution in [2.45, 2.75) is 52.9 Å². The molecule has 6 rings (SSSR count). The molecular weight excluding hydrogens is 876 g/mol. The van der Waals surface area contributed by atoms with Gasteiger partial charge in [-0.2, -0.15) is 0 Å². The average Bonchev–Trinajstić information content (AvgIpc) is 3.75. The Morgan fingerprint density at radius 3 is 1.60 bits per heavy atom. The molecule has 0 aliphatic carbocycles. The molecule has 4 aromatic heterocycles. The first-order chi connectivity index (χ1) is 27.6. The summed E-state index contributed by atoms with van der Waals surface area (Å²) in [5, 5.41) is 1.29. The van der Waals surface area contributed by atoms with E-state index in [1.165, 1.54) is 32.1 Å². The number of nitrogens with zero attached hydrogens (tertiary/aromatic N) is 7. The van der Waals surface area contributed by atoms with Crippen LogP contribution in [0.3, 0.4) is 0 Å². The quantitative estimate of drug-likeness (QED) is 0.0753. The number of benzene rings is 2. The molecule has 58 heavy (non-hydrogen) atoms. The van der Waals surface area contributed by atoms with Gasteiger partial charge in [-0.05, 0) is 70.2 Å². The monoisotopic (exact) mass is 914 g/mol. The number of rotatable bonds is 12. The van der Waals surface area contributed by atoms with Gasteiger partial charge in [0.05, 0.1) is 28.7 Å². The predicted octanol–water partition coefficient (Wildman–Crippen LogP) is 5.26. The second-order valence-corrected chi connectivity index (χ2v) is 14.8. The second kappa shape index (κ2) is 21.2. The first-order valence-corrected chi connectivity index (χ1v) is 19.6. The molecule has 6 aromatic rings. The van der Waals surface area contributed by atoms with Crippen LogP contribution in [0.5, 0.6) is 0 Å². The number of ether oxygens (including phenoxy) is 2. The Morgan fingerprint density at radius 2 is 1.14 bits per heavy atom. The summed E-state index contributed by atoms with van der Waals surface area (Å²) in [6, 6.07) is 16.5. The van der Waals surface area contributed by atoms with Crippen LogP contribution in [0, 0.1) is 0 Å². The third kappa shape index (κ3) is 11.4. The van der Waals surface area contributed by atoms with Crippen LogP contribution < -0.4 is 22.5 Å². The molecule has 0 amide bonds. The van der Waals surface area contributed by atoms with E-state index >= 15 is 0 Å². The molecule has 0 unspecified atom stereocenters. The summed E-state index contributed by atoms with van der Waals surface area (Å²) in [7, 11) is 7.60. The summed E-state index contributed by atoms with van der Waals surface area (Å²) in [6.45, 7) is 4.24. The summed E-state index contributed by atoms with van der Waals surface area (Å²) in [4.78, 5) is 73.0. The molecule has 0 bridgehead atoms. The first kappa shape index (κ1) is 45.8. The fourth-order valence-electron chi connectivity index (χ4n) is 6.11. The SMILES string of the molecule is CC(=O)OCCCn1c(=O)c2c(c(Br)cn2Cc2ccc(Cl)cc2)n(C)c1=O.CC(=O)OCCCn1c(=O)c2c(ccn2Cc2ccc(Cl)cc2)n(C)c1=O.[B]=NS. The molecule has 0 N–H and O–H groups in total. The van der Waals surface area contributed by atoms with Crippen LogP contribution in [0.1, 0.15) is 37.8 Å². The van der Waals surface area contributed by atoms with E-state index in [0.717, 1.165) is 11.1 Å². The first-order valence-electron chi connectivity index (χ1n) is 17.7. The summed E-state index contributed by atoms with van der Waals surface area (Å²) >= 11 is 18.5. The van der Waals surface area contributed by atoms with Gasteiger partial charge in [-0.1, -0.05) is 47.5 Å². The maximum atomic E-state index is 13.1. The van der Waals surface area contributed by atoms with Crippen LogP contribution in [-0.2, 0) is 59.3 Å². The Morgan fingerprint density at radius 1 is 0.707 bits per heavy atom. The van der Waals surface area contributed by atoms with E-state index in [4.69, 9.17) is 32.7 Å². The molecule has 0 aliphatic rings. The van der Waals surface area contributed by atoms with Crippen molar-refractivity contribution in [2.24, 2.45) is 18.4 Å². The van der Waals surface area contributed by atoms with Crippen molar-refractivity contribution >= 4 is 93.6 Å². The zero-order chi connectivity index (χ0) is 42.7. The van der Waals surface area contributed by atoms with E-state index in [-0.39, 0.29) is 49.1 Å². The molecule has 0 saturated carbocycles. The van der Waals surface area contributed by atoms with Gasteiger partial charge in [-0.25, -0.2) is 9.59 Å². The van der Waals surface area contributed by atoms with Gasteiger partial charge in [-0.15, -0.1) is 0 Å². The molecular formula is C38H40BBrCl2N7O8S. The van der Waals surface area contributed by atoms with Gasteiger partial charge in [0.25, 0.3) is 11.1 Å². The van der Waals surface area contributed by atoms with Crippen LogP contribution in [0.15, 0.2) is 94.9 Å². The number of carbonyl (C=O) groups excluding carboxylic acids is 2. The predicted molar refractivity (Wildman–Crippen MR) is 231 cm³/mol. The maximum absolute atomic E-state index is 13.1. The molecule has 0 spiro atoms. The van der Waals surface area contributed by atoms with E-state index in [0.29, 0.717) is 62.5 Å². The second-order valence-electron chi connectivity index (χ2n) is 12.8. The summed E-state index contributed by atoms with van der Waals surface area (Å²) in [5.41, 5.74) is 2.45. The van der Waals surface area contributed by atoms with Crippen molar-refractivity contribution < 1.29 is 19.1 Å². The molecule has 20 heteroatoms. The summed E-state index contributed by atoms with van der Waals surface area (Å²) < 4.78 is 22.0. The number of halogens is 3. The van der Waals surface area contributed by atoms with Gasteiger partial charge in [0, 0.05) is 76.6 Å². The van der Waals surface area contributed by atoms with Crippen molar-refractivity contribution in [3.05, 3.63) is 134 Å². The normalized spacial score (nSPS) is 10.7. The molecule has 2 aromatic carbocycles. The number of aromatic nitrogens is 6.